The van der Waals surface area contributed by atoms with E-state index in [2.05, 4.69) is 0 Å². The van der Waals surface area contributed by atoms with E-state index in [1.165, 1.54) is 6.07 Å². The summed E-state index contributed by atoms with van der Waals surface area (Å²) in [5.74, 6) is -0.299. The number of amides is 2. The molecule has 37 heavy (non-hydrogen) atoms. The molecule has 1 unspecified atom stereocenters. The molecular weight excluding hydrogens is 530 g/mol. The maximum Gasteiger partial charge on any atom is 0.416 e. The van der Waals surface area contributed by atoms with Gasteiger partial charge in [-0.05, 0) is 49.2 Å². The Morgan fingerprint density at radius 1 is 1.14 bits per heavy atom. The zero-order chi connectivity index (χ0) is 26.9. The molecular formula is C26H26Cl2F3N3O3. The highest BCUT2D eigenvalue weighted by Gasteiger charge is 2.39. The van der Waals surface area contributed by atoms with Crippen LogP contribution in [0.1, 0.15) is 41.3 Å². The average molecular weight is 556 g/mol. The summed E-state index contributed by atoms with van der Waals surface area (Å²) in [6.07, 6.45) is -2.85. The molecule has 2 aromatic carbocycles. The lowest BCUT2D eigenvalue weighted by atomic mass is 10.0. The molecule has 0 N–H and O–H groups in total. The summed E-state index contributed by atoms with van der Waals surface area (Å²) < 4.78 is 39.3. The van der Waals surface area contributed by atoms with Crippen LogP contribution in [-0.4, -0.2) is 66.2 Å². The van der Waals surface area contributed by atoms with Crippen molar-refractivity contribution in [3.8, 4) is 0 Å². The van der Waals surface area contributed by atoms with Gasteiger partial charge in [0.05, 0.1) is 5.56 Å². The maximum absolute atomic E-state index is 13.8. The second kappa shape index (κ2) is 10.9. The van der Waals surface area contributed by atoms with Crippen LogP contribution < -0.4 is 4.90 Å². The maximum atomic E-state index is 13.8. The first-order valence-corrected chi connectivity index (χ1v) is 12.7. The number of carbonyl (C=O) groups excluding carboxylic acids is 3. The third kappa shape index (κ3) is 5.88. The van der Waals surface area contributed by atoms with Crippen LogP contribution in [0.2, 0.25) is 10.0 Å². The molecule has 0 aromatic heterocycles. The number of rotatable bonds is 6. The van der Waals surface area contributed by atoms with Gasteiger partial charge in [-0.25, -0.2) is 0 Å². The van der Waals surface area contributed by atoms with E-state index in [4.69, 9.17) is 23.2 Å². The minimum atomic E-state index is -4.55. The highest BCUT2D eigenvalue weighted by atomic mass is 35.5. The number of nitrogens with zero attached hydrogens (tertiary/aromatic N) is 3. The molecule has 2 fully saturated rings. The van der Waals surface area contributed by atoms with Crippen LogP contribution in [0.4, 0.5) is 18.9 Å². The first-order valence-electron chi connectivity index (χ1n) is 11.9. The first-order chi connectivity index (χ1) is 17.5. The molecule has 0 aliphatic carbocycles. The second-order valence-corrected chi connectivity index (χ2v) is 10.2. The van der Waals surface area contributed by atoms with E-state index >= 15 is 0 Å². The number of halogens is 5. The monoisotopic (exact) mass is 555 g/mol. The Kier molecular flexibility index (Phi) is 8.04. The quantitative estimate of drug-likeness (QED) is 0.465. The van der Waals surface area contributed by atoms with Crippen molar-refractivity contribution in [3.05, 3.63) is 63.1 Å². The molecule has 2 atom stereocenters. The molecule has 2 amide bonds. The van der Waals surface area contributed by atoms with Crippen molar-refractivity contribution < 1.29 is 27.6 Å². The van der Waals surface area contributed by atoms with Gasteiger partial charge in [-0.15, -0.1) is 0 Å². The van der Waals surface area contributed by atoms with Gasteiger partial charge in [-0.3, -0.25) is 14.4 Å². The van der Waals surface area contributed by atoms with Gasteiger partial charge in [0.25, 0.3) is 0 Å². The largest absolute Gasteiger partial charge is 0.416 e. The predicted molar refractivity (Wildman–Crippen MR) is 135 cm³/mol. The molecule has 2 aliphatic heterocycles. The van der Waals surface area contributed by atoms with Crippen molar-refractivity contribution in [3.63, 3.8) is 0 Å². The van der Waals surface area contributed by atoms with Crippen LogP contribution in [-0.2, 0) is 22.2 Å². The van der Waals surface area contributed by atoms with E-state index in [9.17, 15) is 27.6 Å². The van der Waals surface area contributed by atoms with E-state index in [0.29, 0.717) is 60.1 Å². The lowest BCUT2D eigenvalue weighted by molar-refractivity contribution is -0.145. The zero-order valence-electron chi connectivity index (χ0n) is 20.1. The summed E-state index contributed by atoms with van der Waals surface area (Å²) in [5.41, 5.74) is 0.149. The lowest BCUT2D eigenvalue weighted by Gasteiger charge is -2.43. The fraction of sp³-hybridized carbons (Fsp3) is 0.423. The van der Waals surface area contributed by atoms with Crippen molar-refractivity contribution in [2.45, 2.75) is 44.4 Å². The number of anilines is 1. The summed E-state index contributed by atoms with van der Waals surface area (Å²) in [7, 11) is 0. The van der Waals surface area contributed by atoms with Crippen molar-refractivity contribution >= 4 is 47.0 Å². The molecule has 11 heteroatoms. The summed E-state index contributed by atoms with van der Waals surface area (Å²) in [6.45, 7) is 3.24. The van der Waals surface area contributed by atoms with Crippen molar-refractivity contribution in [2.24, 2.45) is 0 Å². The van der Waals surface area contributed by atoms with Crippen molar-refractivity contribution in [1.29, 1.82) is 0 Å². The number of carbonyl (C=O) groups is 3. The van der Waals surface area contributed by atoms with Gasteiger partial charge in [0.2, 0.25) is 11.8 Å². The highest BCUT2D eigenvalue weighted by Crippen LogP contribution is 2.33. The van der Waals surface area contributed by atoms with Crippen molar-refractivity contribution in [1.82, 2.24) is 9.80 Å². The molecule has 2 aromatic rings. The van der Waals surface area contributed by atoms with E-state index in [-0.39, 0.29) is 36.4 Å². The SMILES string of the molecule is CC1CN(c2ccc(C(F)(F)F)cc2C=O)CCN1C(=O)[C@@H](Cc1ccc(Cl)cc1Cl)N1CCCC1=O. The van der Waals surface area contributed by atoms with E-state index in [1.54, 1.807) is 28.0 Å². The molecule has 0 spiro atoms. The predicted octanol–water partition coefficient (Wildman–Crippen LogP) is 5.10. The van der Waals surface area contributed by atoms with Crippen LogP contribution in [0.25, 0.3) is 0 Å². The lowest BCUT2D eigenvalue weighted by Crippen LogP contribution is -2.59. The van der Waals surface area contributed by atoms with Crippen LogP contribution in [0.15, 0.2) is 36.4 Å². The Balaban J connectivity index is 1.54. The summed E-state index contributed by atoms with van der Waals surface area (Å²) in [6, 6.07) is 7.07. The van der Waals surface area contributed by atoms with Crippen molar-refractivity contribution in [2.75, 3.05) is 31.1 Å². The Hall–Kier alpha value is -2.78. The Bertz CT molecular complexity index is 1210. The second-order valence-electron chi connectivity index (χ2n) is 9.36. The average Bonchev–Trinajstić information content (AvgIpc) is 3.27. The number of piperazine rings is 1. The highest BCUT2D eigenvalue weighted by molar-refractivity contribution is 6.35. The topological polar surface area (TPSA) is 60.9 Å². The molecule has 0 saturated carbocycles. The van der Waals surface area contributed by atoms with Crippen LogP contribution in [0.5, 0.6) is 0 Å². The van der Waals surface area contributed by atoms with Gasteiger partial charge in [0.1, 0.15) is 6.04 Å². The summed E-state index contributed by atoms with van der Waals surface area (Å²) >= 11 is 12.4. The zero-order valence-corrected chi connectivity index (χ0v) is 21.6. The smallest absolute Gasteiger partial charge is 0.367 e. The molecule has 198 valence electrons. The van der Waals surface area contributed by atoms with Crippen LogP contribution >= 0.6 is 23.2 Å². The molecule has 2 saturated heterocycles. The van der Waals surface area contributed by atoms with E-state index in [0.717, 1.165) is 12.1 Å². The standard InChI is InChI=1S/C26H26Cl2F3N3O3/c1-16-14-32(22-7-5-19(26(29,30)31)11-18(22)15-35)9-10-33(16)25(37)23(34-8-2-3-24(34)36)12-17-4-6-20(27)13-21(17)28/h4-7,11,13,15-16,23H,2-3,8-10,12,14H2,1H3/t16?,23-/m1/s1. The van der Waals surface area contributed by atoms with Gasteiger partial charge >= 0.3 is 6.18 Å². The van der Waals surface area contributed by atoms with Gasteiger partial charge in [-0.1, -0.05) is 29.3 Å². The van der Waals surface area contributed by atoms with Crippen LogP contribution in [0, 0.1) is 0 Å². The normalized spacial score (nSPS) is 19.4. The summed E-state index contributed by atoms with van der Waals surface area (Å²) in [4.78, 5) is 43.1. The fourth-order valence-electron chi connectivity index (χ4n) is 5.03. The Labute approximate surface area is 222 Å². The Morgan fingerprint density at radius 2 is 1.89 bits per heavy atom. The number of alkyl halides is 3. The molecule has 4 rings (SSSR count). The molecule has 0 radical (unpaired) electrons. The van der Waals surface area contributed by atoms with Gasteiger partial charge in [0, 0.05) is 66.4 Å². The molecule has 2 heterocycles. The number of hydrogen-bond donors (Lipinski definition) is 0. The third-order valence-electron chi connectivity index (χ3n) is 6.93. The third-order valence-corrected chi connectivity index (χ3v) is 7.52. The minimum Gasteiger partial charge on any atom is -0.367 e. The molecule has 2 aliphatic rings. The number of aldehydes is 1. The molecule has 0 bridgehead atoms. The first kappa shape index (κ1) is 27.3. The summed E-state index contributed by atoms with van der Waals surface area (Å²) in [5, 5.41) is 0.884. The van der Waals surface area contributed by atoms with E-state index < -0.39 is 17.8 Å². The van der Waals surface area contributed by atoms with Gasteiger partial charge in [-0.2, -0.15) is 13.2 Å². The minimum absolute atomic E-state index is 0.0558. The fourth-order valence-corrected chi connectivity index (χ4v) is 5.52. The van der Waals surface area contributed by atoms with Gasteiger partial charge < -0.3 is 14.7 Å². The number of likely N-dealkylation sites (tertiary alicyclic amines) is 1. The Morgan fingerprint density at radius 3 is 2.49 bits per heavy atom. The number of benzene rings is 2. The number of hydrogen-bond acceptors (Lipinski definition) is 4. The van der Waals surface area contributed by atoms with Crippen LogP contribution in [0.3, 0.4) is 0 Å². The van der Waals surface area contributed by atoms with E-state index in [1.807, 2.05) is 11.8 Å². The molecule has 6 nitrogen and oxygen atoms in total. The van der Waals surface area contributed by atoms with Gasteiger partial charge in [0.15, 0.2) is 6.29 Å².